The first-order valence-electron chi connectivity index (χ1n) is 4.53. The van der Waals surface area contributed by atoms with Crippen LogP contribution in [-0.4, -0.2) is 22.3 Å². The molecular formula is C9H14N4. The summed E-state index contributed by atoms with van der Waals surface area (Å²) < 4.78 is 0. The summed E-state index contributed by atoms with van der Waals surface area (Å²) >= 11 is 0. The fourth-order valence-electron chi connectivity index (χ4n) is 1.27. The third kappa shape index (κ3) is 1.78. The summed E-state index contributed by atoms with van der Waals surface area (Å²) in [6.45, 7) is 2.59. The average Bonchev–Trinajstić information content (AvgIpc) is 2.90. The number of nitrogens with one attached hydrogen (secondary N) is 1. The third-order valence-corrected chi connectivity index (χ3v) is 2.44. The molecule has 2 rings (SSSR count). The fraction of sp³-hybridized carbons (Fsp3) is 0.556. The predicted octanol–water partition coefficient (Wildman–Crippen LogP) is 0.688. The lowest BCUT2D eigenvalue weighted by Gasteiger charge is -2.14. The van der Waals surface area contributed by atoms with E-state index in [9.17, 15) is 0 Å². The van der Waals surface area contributed by atoms with E-state index < -0.39 is 0 Å². The number of aryl methyl sites for hydroxylation is 1. The maximum Gasteiger partial charge on any atom is 0.149 e. The van der Waals surface area contributed by atoms with Gasteiger partial charge in [0.05, 0.1) is 11.2 Å². The summed E-state index contributed by atoms with van der Waals surface area (Å²) in [4.78, 5) is 0. The monoisotopic (exact) mass is 178 g/mol. The summed E-state index contributed by atoms with van der Waals surface area (Å²) in [5, 5.41) is 11.3. The van der Waals surface area contributed by atoms with E-state index in [0.29, 0.717) is 6.54 Å². The van der Waals surface area contributed by atoms with Crippen molar-refractivity contribution in [2.75, 3.05) is 11.9 Å². The maximum atomic E-state index is 5.64. The molecule has 0 aliphatic heterocycles. The van der Waals surface area contributed by atoms with Crippen molar-refractivity contribution < 1.29 is 0 Å². The number of hydrogen-bond acceptors (Lipinski definition) is 4. The fourth-order valence-corrected chi connectivity index (χ4v) is 1.27. The van der Waals surface area contributed by atoms with Crippen molar-refractivity contribution in [2.45, 2.75) is 25.3 Å². The lowest BCUT2D eigenvalue weighted by atomic mass is 10.3. The smallest absolute Gasteiger partial charge is 0.149 e. The first kappa shape index (κ1) is 8.44. The Morgan fingerprint density at radius 1 is 1.46 bits per heavy atom. The molecule has 1 saturated carbocycles. The molecule has 0 spiro atoms. The second-order valence-electron chi connectivity index (χ2n) is 3.67. The van der Waals surface area contributed by atoms with Gasteiger partial charge in [0.25, 0.3) is 0 Å². The summed E-state index contributed by atoms with van der Waals surface area (Å²) in [5.74, 6) is 0.827. The van der Waals surface area contributed by atoms with E-state index in [1.165, 1.54) is 0 Å². The van der Waals surface area contributed by atoms with E-state index >= 15 is 0 Å². The molecule has 1 aliphatic carbocycles. The largest absolute Gasteiger partial charge is 0.362 e. The van der Waals surface area contributed by atoms with Gasteiger partial charge in [-0.3, -0.25) is 0 Å². The molecule has 13 heavy (non-hydrogen) atoms. The zero-order chi connectivity index (χ0) is 9.31. The van der Waals surface area contributed by atoms with Crippen molar-refractivity contribution in [3.63, 3.8) is 0 Å². The first-order valence-corrected chi connectivity index (χ1v) is 4.53. The topological polar surface area (TPSA) is 63.8 Å². The van der Waals surface area contributed by atoms with E-state index in [4.69, 9.17) is 5.73 Å². The number of anilines is 1. The molecule has 0 bridgehead atoms. The number of nitrogens with two attached hydrogens (primary N) is 1. The van der Waals surface area contributed by atoms with Crippen molar-refractivity contribution >= 4 is 5.82 Å². The van der Waals surface area contributed by atoms with Crippen molar-refractivity contribution in [3.8, 4) is 0 Å². The Kier molecular flexibility index (Phi) is 1.92. The average molecular weight is 178 g/mol. The highest BCUT2D eigenvalue weighted by Gasteiger charge is 2.41. The van der Waals surface area contributed by atoms with Gasteiger partial charge in [0, 0.05) is 6.54 Å². The lowest BCUT2D eigenvalue weighted by Crippen LogP contribution is -2.31. The van der Waals surface area contributed by atoms with Crippen LogP contribution in [0.15, 0.2) is 12.1 Å². The number of rotatable bonds is 3. The molecule has 4 heteroatoms. The van der Waals surface area contributed by atoms with Crippen molar-refractivity contribution in [1.29, 1.82) is 0 Å². The van der Waals surface area contributed by atoms with Crippen molar-refractivity contribution in [3.05, 3.63) is 17.8 Å². The van der Waals surface area contributed by atoms with Crippen LogP contribution in [0, 0.1) is 6.92 Å². The van der Waals surface area contributed by atoms with Gasteiger partial charge in [-0.2, -0.15) is 5.10 Å². The molecule has 0 unspecified atom stereocenters. The molecule has 0 amide bonds. The molecule has 0 aromatic carbocycles. The van der Waals surface area contributed by atoms with Crippen LogP contribution in [0.2, 0.25) is 0 Å². The van der Waals surface area contributed by atoms with Gasteiger partial charge < -0.3 is 11.1 Å². The molecule has 1 aliphatic rings. The molecule has 70 valence electrons. The lowest BCUT2D eigenvalue weighted by molar-refractivity contribution is 0.732. The van der Waals surface area contributed by atoms with Gasteiger partial charge >= 0.3 is 0 Å². The molecule has 0 saturated heterocycles. The Labute approximate surface area is 77.5 Å². The van der Waals surface area contributed by atoms with Gasteiger partial charge in [-0.25, -0.2) is 0 Å². The predicted molar refractivity (Wildman–Crippen MR) is 51.4 cm³/mol. The minimum Gasteiger partial charge on any atom is -0.362 e. The zero-order valence-electron chi connectivity index (χ0n) is 7.75. The van der Waals surface area contributed by atoms with E-state index in [1.54, 1.807) is 0 Å². The van der Waals surface area contributed by atoms with Crippen LogP contribution in [0.4, 0.5) is 5.82 Å². The van der Waals surface area contributed by atoms with Crippen molar-refractivity contribution in [1.82, 2.24) is 10.2 Å². The van der Waals surface area contributed by atoms with Crippen LogP contribution in [0.3, 0.4) is 0 Å². The van der Waals surface area contributed by atoms with Gasteiger partial charge in [0.15, 0.2) is 0 Å². The highest BCUT2D eigenvalue weighted by atomic mass is 15.2. The maximum absolute atomic E-state index is 5.64. The Hall–Kier alpha value is -1.16. The first-order chi connectivity index (χ1) is 6.24. The second kappa shape index (κ2) is 2.96. The number of nitrogens with zero attached hydrogens (tertiary/aromatic N) is 2. The van der Waals surface area contributed by atoms with Crippen LogP contribution in [0.5, 0.6) is 0 Å². The van der Waals surface area contributed by atoms with Crippen LogP contribution in [0.1, 0.15) is 18.5 Å². The number of aromatic nitrogens is 2. The summed E-state index contributed by atoms with van der Waals surface area (Å²) in [7, 11) is 0. The van der Waals surface area contributed by atoms with E-state index in [0.717, 1.165) is 24.4 Å². The van der Waals surface area contributed by atoms with E-state index in [2.05, 4.69) is 15.5 Å². The normalized spacial score (nSPS) is 18.3. The molecule has 1 aromatic rings. The molecule has 1 fully saturated rings. The minimum atomic E-state index is 0.115. The minimum absolute atomic E-state index is 0.115. The van der Waals surface area contributed by atoms with Gasteiger partial charge in [-0.15, -0.1) is 5.10 Å². The highest BCUT2D eigenvalue weighted by molar-refractivity contribution is 5.39. The van der Waals surface area contributed by atoms with Crippen LogP contribution in [-0.2, 0) is 0 Å². The van der Waals surface area contributed by atoms with Crippen LogP contribution < -0.4 is 11.1 Å². The Morgan fingerprint density at radius 2 is 2.23 bits per heavy atom. The Bertz CT molecular complexity index is 289. The molecule has 0 radical (unpaired) electrons. The molecule has 0 atom stereocenters. The molecule has 1 aromatic heterocycles. The highest BCUT2D eigenvalue weighted by Crippen LogP contribution is 2.37. The van der Waals surface area contributed by atoms with Crippen LogP contribution in [0.25, 0.3) is 0 Å². The third-order valence-electron chi connectivity index (χ3n) is 2.44. The summed E-state index contributed by atoms with van der Waals surface area (Å²) in [6.07, 6.45) is 2.28. The van der Waals surface area contributed by atoms with Gasteiger partial charge in [-0.1, -0.05) is 0 Å². The molecule has 1 heterocycles. The zero-order valence-corrected chi connectivity index (χ0v) is 7.75. The Morgan fingerprint density at radius 3 is 2.69 bits per heavy atom. The van der Waals surface area contributed by atoms with E-state index in [1.807, 2.05) is 19.1 Å². The standard InChI is InChI=1S/C9H14N4/c1-7-2-3-8(13-12-7)11-9(6-10)4-5-9/h2-3H,4-6,10H2,1H3,(H,11,13). The van der Waals surface area contributed by atoms with E-state index in [-0.39, 0.29) is 5.54 Å². The summed E-state index contributed by atoms with van der Waals surface area (Å²) in [6, 6.07) is 3.89. The Balaban J connectivity index is 2.06. The van der Waals surface area contributed by atoms with Gasteiger partial charge in [0.1, 0.15) is 5.82 Å². The molecule has 3 N–H and O–H groups in total. The molecular weight excluding hydrogens is 164 g/mol. The number of hydrogen-bond donors (Lipinski definition) is 2. The van der Waals surface area contributed by atoms with Gasteiger partial charge in [-0.05, 0) is 31.9 Å². The quantitative estimate of drug-likeness (QED) is 0.714. The van der Waals surface area contributed by atoms with Crippen LogP contribution >= 0.6 is 0 Å². The van der Waals surface area contributed by atoms with Gasteiger partial charge in [0.2, 0.25) is 0 Å². The molecule has 4 nitrogen and oxygen atoms in total. The summed E-state index contributed by atoms with van der Waals surface area (Å²) in [5.41, 5.74) is 6.68. The second-order valence-corrected chi connectivity index (χ2v) is 3.67. The van der Waals surface area contributed by atoms with Crippen molar-refractivity contribution in [2.24, 2.45) is 5.73 Å². The SMILES string of the molecule is Cc1ccc(NC2(CN)CC2)nn1.